The van der Waals surface area contributed by atoms with E-state index in [-0.39, 0.29) is 36.7 Å². The number of nitrogens with two attached hydrogens (primary N) is 1. The first-order valence-corrected chi connectivity index (χ1v) is 8.73. The number of aliphatic carboxylic acids is 1. The Hall–Kier alpha value is -3.97. The predicted molar refractivity (Wildman–Crippen MR) is 97.1 cm³/mol. The third-order valence-electron chi connectivity index (χ3n) is 4.68. The molecule has 2 amide bonds. The lowest BCUT2D eigenvalue weighted by Gasteiger charge is -2.19. The van der Waals surface area contributed by atoms with E-state index in [9.17, 15) is 29.4 Å². The normalized spacial score (nSPS) is 18.8. The molecule has 2 aromatic heterocycles. The van der Waals surface area contributed by atoms with Crippen LogP contribution in [0.4, 0.5) is 0 Å². The third-order valence-corrected chi connectivity index (χ3v) is 4.68. The molecule has 0 unspecified atom stereocenters. The second-order valence-corrected chi connectivity index (χ2v) is 6.69. The van der Waals surface area contributed by atoms with E-state index in [4.69, 9.17) is 10.3 Å². The van der Waals surface area contributed by atoms with Gasteiger partial charge in [-0.05, 0) is 0 Å². The number of fused-ring (bicyclic) bond motifs is 1. The molecule has 1 atom stereocenters. The highest BCUT2D eigenvalue weighted by Gasteiger charge is 2.47. The minimum Gasteiger partial charge on any atom is -0.503 e. The number of aromatic amines is 1. The summed E-state index contributed by atoms with van der Waals surface area (Å²) in [6, 6.07) is 1.76. The summed E-state index contributed by atoms with van der Waals surface area (Å²) in [7, 11) is 0. The van der Waals surface area contributed by atoms with Gasteiger partial charge in [0.05, 0.1) is 24.4 Å². The van der Waals surface area contributed by atoms with Crippen molar-refractivity contribution < 1.29 is 29.1 Å². The molecule has 0 radical (unpaired) electrons. The second kappa shape index (κ2) is 7.13. The summed E-state index contributed by atoms with van der Waals surface area (Å²) in [4.78, 5) is 50.5. The van der Waals surface area contributed by atoms with E-state index in [0.29, 0.717) is 5.69 Å². The summed E-state index contributed by atoms with van der Waals surface area (Å²) in [5.41, 5.74) is 5.12. The summed E-state index contributed by atoms with van der Waals surface area (Å²) in [5.74, 6) is -2.88. The Balaban J connectivity index is 1.48. The van der Waals surface area contributed by atoms with Crippen molar-refractivity contribution >= 4 is 17.8 Å². The van der Waals surface area contributed by atoms with E-state index in [1.807, 2.05) is 0 Å². The fourth-order valence-electron chi connectivity index (χ4n) is 3.26. The van der Waals surface area contributed by atoms with E-state index in [1.54, 1.807) is 0 Å². The molecular formula is C17H16N6O7. The minimum atomic E-state index is -1.41. The predicted octanol–water partition coefficient (Wildman–Crippen LogP) is -1.91. The molecular weight excluding hydrogens is 400 g/mol. The number of carboxylic acids is 1. The van der Waals surface area contributed by atoms with Crippen molar-refractivity contribution in [3.05, 3.63) is 45.6 Å². The molecule has 1 saturated heterocycles. The SMILES string of the molecule is N[C@H]1CN2CC(C(=O)NCc3cc(-c4cc(=O)c(O)c[nH]4)no3)=C(C(=O)O)N2C1=O. The Morgan fingerprint density at radius 2 is 2.13 bits per heavy atom. The lowest BCUT2D eigenvalue weighted by atomic mass is 10.1. The number of nitrogens with zero attached hydrogens (tertiary/aromatic N) is 3. The first kappa shape index (κ1) is 19.4. The molecule has 0 aliphatic carbocycles. The number of amides is 2. The summed E-state index contributed by atoms with van der Waals surface area (Å²) in [6.45, 7) is -0.0655. The number of aromatic nitrogens is 2. The topological polar surface area (TPSA) is 195 Å². The highest BCUT2D eigenvalue weighted by Crippen LogP contribution is 2.29. The average Bonchev–Trinajstić information content (AvgIpc) is 3.38. The molecule has 4 rings (SSSR count). The Bertz CT molecular complexity index is 1150. The van der Waals surface area contributed by atoms with Gasteiger partial charge in [-0.3, -0.25) is 14.4 Å². The van der Waals surface area contributed by atoms with Gasteiger partial charge < -0.3 is 30.8 Å². The van der Waals surface area contributed by atoms with Crippen LogP contribution in [0, 0.1) is 0 Å². The molecule has 30 heavy (non-hydrogen) atoms. The molecule has 1 fully saturated rings. The molecule has 0 saturated carbocycles. The van der Waals surface area contributed by atoms with E-state index in [1.165, 1.54) is 11.1 Å². The number of rotatable bonds is 5. The van der Waals surface area contributed by atoms with Gasteiger partial charge in [-0.2, -0.15) is 0 Å². The highest BCUT2D eigenvalue weighted by molar-refractivity contribution is 6.06. The second-order valence-electron chi connectivity index (χ2n) is 6.69. The van der Waals surface area contributed by atoms with Gasteiger partial charge in [0.2, 0.25) is 5.43 Å². The molecule has 13 nitrogen and oxygen atoms in total. The van der Waals surface area contributed by atoms with Crippen LogP contribution in [0.15, 0.2) is 38.9 Å². The molecule has 2 aliphatic rings. The Kier molecular flexibility index (Phi) is 4.60. The van der Waals surface area contributed by atoms with Gasteiger partial charge in [0.1, 0.15) is 11.7 Å². The van der Waals surface area contributed by atoms with Crippen LogP contribution in [0.2, 0.25) is 0 Å². The van der Waals surface area contributed by atoms with Crippen molar-refractivity contribution in [2.45, 2.75) is 12.6 Å². The molecule has 0 bridgehead atoms. The zero-order valence-electron chi connectivity index (χ0n) is 15.3. The van der Waals surface area contributed by atoms with E-state index in [2.05, 4.69) is 15.5 Å². The van der Waals surface area contributed by atoms with Crippen LogP contribution in [-0.4, -0.2) is 67.3 Å². The zero-order chi connectivity index (χ0) is 21.6. The molecule has 0 spiro atoms. The molecule has 0 aromatic carbocycles. The molecule has 2 aliphatic heterocycles. The van der Waals surface area contributed by atoms with Gasteiger partial charge in [0.25, 0.3) is 11.8 Å². The summed E-state index contributed by atoms with van der Waals surface area (Å²) < 4.78 is 5.11. The van der Waals surface area contributed by atoms with Crippen LogP contribution >= 0.6 is 0 Å². The van der Waals surface area contributed by atoms with Crippen LogP contribution in [0.1, 0.15) is 5.76 Å². The van der Waals surface area contributed by atoms with Crippen LogP contribution in [0.5, 0.6) is 5.75 Å². The maximum absolute atomic E-state index is 12.5. The third kappa shape index (κ3) is 3.21. The van der Waals surface area contributed by atoms with Gasteiger partial charge >= 0.3 is 5.97 Å². The van der Waals surface area contributed by atoms with Crippen molar-refractivity contribution in [1.82, 2.24) is 25.5 Å². The number of hydrazine groups is 1. The number of carbonyl (C=O) groups is 3. The van der Waals surface area contributed by atoms with Crippen molar-refractivity contribution in [2.24, 2.45) is 5.73 Å². The lowest BCUT2D eigenvalue weighted by Crippen LogP contribution is -2.37. The fourth-order valence-corrected chi connectivity index (χ4v) is 3.26. The largest absolute Gasteiger partial charge is 0.503 e. The number of H-pyrrole nitrogens is 1. The van der Waals surface area contributed by atoms with E-state index in [0.717, 1.165) is 17.3 Å². The smallest absolute Gasteiger partial charge is 0.354 e. The van der Waals surface area contributed by atoms with Crippen molar-refractivity contribution in [3.63, 3.8) is 0 Å². The van der Waals surface area contributed by atoms with Gasteiger partial charge in [0.15, 0.2) is 17.2 Å². The number of carboxylic acid groups (broad SMARTS) is 1. The molecule has 6 N–H and O–H groups in total. The van der Waals surface area contributed by atoms with E-state index < -0.39 is 40.7 Å². The van der Waals surface area contributed by atoms with Crippen LogP contribution < -0.4 is 16.5 Å². The minimum absolute atomic E-state index is 0.0662. The first-order chi connectivity index (χ1) is 14.3. The fraction of sp³-hybridized carbons (Fsp3) is 0.235. The van der Waals surface area contributed by atoms with Crippen LogP contribution in [0.3, 0.4) is 0 Å². The van der Waals surface area contributed by atoms with Crippen LogP contribution in [-0.2, 0) is 20.9 Å². The number of hydrogen-bond donors (Lipinski definition) is 5. The Morgan fingerprint density at radius 1 is 1.37 bits per heavy atom. The van der Waals surface area contributed by atoms with Gasteiger partial charge in [-0.15, -0.1) is 0 Å². The number of nitrogens with one attached hydrogen (secondary N) is 2. The maximum atomic E-state index is 12.5. The number of pyridine rings is 1. The monoisotopic (exact) mass is 416 g/mol. The molecule has 13 heteroatoms. The van der Waals surface area contributed by atoms with Crippen LogP contribution in [0.25, 0.3) is 11.4 Å². The Labute approximate surface area is 167 Å². The molecule has 156 valence electrons. The van der Waals surface area contributed by atoms with E-state index >= 15 is 0 Å². The van der Waals surface area contributed by atoms with Crippen molar-refractivity contribution in [2.75, 3.05) is 13.1 Å². The summed E-state index contributed by atoms with van der Waals surface area (Å²) >= 11 is 0. The number of carbonyl (C=O) groups excluding carboxylic acids is 2. The Morgan fingerprint density at radius 3 is 2.83 bits per heavy atom. The number of aromatic hydroxyl groups is 1. The van der Waals surface area contributed by atoms with Crippen molar-refractivity contribution in [1.29, 1.82) is 0 Å². The lowest BCUT2D eigenvalue weighted by molar-refractivity contribution is -0.143. The summed E-state index contributed by atoms with van der Waals surface area (Å²) in [5, 5.41) is 27.4. The first-order valence-electron chi connectivity index (χ1n) is 8.73. The maximum Gasteiger partial charge on any atom is 0.354 e. The summed E-state index contributed by atoms with van der Waals surface area (Å²) in [6.07, 6.45) is 1.11. The van der Waals surface area contributed by atoms with Gasteiger partial charge in [-0.1, -0.05) is 5.16 Å². The zero-order valence-corrected chi connectivity index (χ0v) is 15.3. The molecule has 4 heterocycles. The average molecular weight is 416 g/mol. The highest BCUT2D eigenvalue weighted by atomic mass is 16.5. The van der Waals surface area contributed by atoms with Crippen molar-refractivity contribution in [3.8, 4) is 17.1 Å². The number of hydrogen-bond acceptors (Lipinski definition) is 9. The van der Waals surface area contributed by atoms with Gasteiger partial charge in [0, 0.05) is 24.9 Å². The molecule has 2 aromatic rings. The standard InChI is InChI=1S/C17H16N6O7/c18-9-6-22-5-8(14(17(28)29)23(22)16(9)27)15(26)20-3-7-1-11(21-30-7)10-2-12(24)13(25)4-19-10/h1-2,4,9,25H,3,5-6,18H2,(H,19,24)(H,20,26)(H,28,29)/t9-/m0/s1. The quantitative estimate of drug-likeness (QED) is 0.367. The van der Waals surface area contributed by atoms with Gasteiger partial charge in [-0.25, -0.2) is 14.8 Å².